The molecule has 0 aromatic heterocycles. The van der Waals surface area contributed by atoms with Crippen molar-refractivity contribution in [2.75, 3.05) is 20.1 Å². The predicted octanol–water partition coefficient (Wildman–Crippen LogP) is 2.00. The molecule has 0 spiro atoms. The van der Waals surface area contributed by atoms with Gasteiger partial charge in [-0.1, -0.05) is 0 Å². The van der Waals surface area contributed by atoms with Crippen LogP contribution in [-0.2, 0) is 4.74 Å². The first-order chi connectivity index (χ1) is 7.42. The average Bonchev–Trinajstić information content (AvgIpc) is 2.39. The molecule has 1 fully saturated rings. The molecule has 0 aliphatic carbocycles. The third-order valence-corrected chi connectivity index (χ3v) is 2.79. The first-order valence-electron chi connectivity index (χ1n) is 6.07. The smallest absolute Gasteiger partial charge is 0.410 e. The van der Waals surface area contributed by atoms with Crippen LogP contribution in [0.15, 0.2) is 0 Å². The van der Waals surface area contributed by atoms with Gasteiger partial charge in [0.1, 0.15) is 5.60 Å². The second-order valence-corrected chi connectivity index (χ2v) is 5.38. The molecule has 0 unspecified atom stereocenters. The fourth-order valence-corrected chi connectivity index (χ4v) is 1.89. The van der Waals surface area contributed by atoms with E-state index in [2.05, 4.69) is 5.32 Å². The standard InChI is InChI=1S/C12H24N2O2/c1-12(2,3)16-11(15)14-8-5-6-10(13-4)7-9-14/h10,13H,5-9H2,1-4H3/t10-/m0/s1. The monoisotopic (exact) mass is 228 g/mol. The van der Waals surface area contributed by atoms with Gasteiger partial charge in [-0.15, -0.1) is 0 Å². The molecular weight excluding hydrogens is 204 g/mol. The molecule has 1 aliphatic rings. The Kier molecular flexibility index (Phi) is 4.59. The van der Waals surface area contributed by atoms with Crippen LogP contribution in [0.1, 0.15) is 40.0 Å². The lowest BCUT2D eigenvalue weighted by atomic mass is 10.1. The summed E-state index contributed by atoms with van der Waals surface area (Å²) in [6.07, 6.45) is 3.01. The Morgan fingerprint density at radius 3 is 2.56 bits per heavy atom. The van der Waals surface area contributed by atoms with Crippen LogP contribution in [-0.4, -0.2) is 42.8 Å². The molecule has 1 amide bonds. The number of carbonyl (C=O) groups excluding carboxylic acids is 1. The lowest BCUT2D eigenvalue weighted by molar-refractivity contribution is 0.0256. The molecule has 4 nitrogen and oxygen atoms in total. The van der Waals surface area contributed by atoms with Gasteiger partial charge in [0.2, 0.25) is 0 Å². The highest BCUT2D eigenvalue weighted by Crippen LogP contribution is 2.15. The lowest BCUT2D eigenvalue weighted by Gasteiger charge is -2.26. The third-order valence-electron chi connectivity index (χ3n) is 2.79. The maximum Gasteiger partial charge on any atom is 0.410 e. The van der Waals surface area contributed by atoms with Gasteiger partial charge >= 0.3 is 6.09 Å². The summed E-state index contributed by atoms with van der Waals surface area (Å²) in [7, 11) is 1.98. The van der Waals surface area contributed by atoms with Gasteiger partial charge in [-0.3, -0.25) is 0 Å². The Bertz CT molecular complexity index is 236. The topological polar surface area (TPSA) is 41.6 Å². The summed E-state index contributed by atoms with van der Waals surface area (Å²) in [5.74, 6) is 0. The minimum absolute atomic E-state index is 0.177. The number of nitrogens with zero attached hydrogens (tertiary/aromatic N) is 1. The highest BCUT2D eigenvalue weighted by atomic mass is 16.6. The van der Waals surface area contributed by atoms with Crippen LogP contribution in [0.5, 0.6) is 0 Å². The van der Waals surface area contributed by atoms with E-state index in [1.807, 2.05) is 32.7 Å². The number of hydrogen-bond donors (Lipinski definition) is 1. The number of likely N-dealkylation sites (tertiary alicyclic amines) is 1. The van der Waals surface area contributed by atoms with E-state index < -0.39 is 5.60 Å². The van der Waals surface area contributed by atoms with Gasteiger partial charge in [0.25, 0.3) is 0 Å². The number of carbonyl (C=O) groups is 1. The van der Waals surface area contributed by atoms with Crippen molar-refractivity contribution >= 4 is 6.09 Å². The van der Waals surface area contributed by atoms with E-state index in [0.29, 0.717) is 6.04 Å². The molecule has 0 aromatic carbocycles. The van der Waals surface area contributed by atoms with Crippen molar-refractivity contribution in [2.24, 2.45) is 0 Å². The van der Waals surface area contributed by atoms with Crippen LogP contribution < -0.4 is 5.32 Å². The highest BCUT2D eigenvalue weighted by molar-refractivity contribution is 5.68. The molecule has 1 heterocycles. The van der Waals surface area contributed by atoms with E-state index in [0.717, 1.165) is 32.4 Å². The number of amides is 1. The van der Waals surface area contributed by atoms with E-state index in [9.17, 15) is 4.79 Å². The van der Waals surface area contributed by atoms with E-state index in [-0.39, 0.29) is 6.09 Å². The van der Waals surface area contributed by atoms with Gasteiger partial charge in [0, 0.05) is 19.1 Å². The Hall–Kier alpha value is -0.770. The summed E-state index contributed by atoms with van der Waals surface area (Å²) in [4.78, 5) is 13.7. The molecule has 94 valence electrons. The molecule has 1 atom stereocenters. The molecule has 16 heavy (non-hydrogen) atoms. The number of hydrogen-bond acceptors (Lipinski definition) is 3. The molecule has 0 saturated carbocycles. The van der Waals surface area contributed by atoms with Crippen molar-refractivity contribution in [2.45, 2.75) is 51.7 Å². The predicted molar refractivity (Wildman–Crippen MR) is 64.5 cm³/mol. The van der Waals surface area contributed by atoms with Gasteiger partial charge in [-0.05, 0) is 47.1 Å². The molecule has 0 bridgehead atoms. The highest BCUT2D eigenvalue weighted by Gasteiger charge is 2.24. The van der Waals surface area contributed by atoms with E-state index in [1.54, 1.807) is 0 Å². The molecule has 1 rings (SSSR count). The molecular formula is C12H24N2O2. The van der Waals surface area contributed by atoms with Gasteiger partial charge < -0.3 is 15.0 Å². The van der Waals surface area contributed by atoms with Crippen molar-refractivity contribution < 1.29 is 9.53 Å². The maximum absolute atomic E-state index is 11.8. The fraction of sp³-hybridized carbons (Fsp3) is 0.917. The molecule has 4 heteroatoms. The molecule has 1 aliphatic heterocycles. The minimum atomic E-state index is -0.397. The molecule has 1 saturated heterocycles. The Morgan fingerprint density at radius 1 is 1.31 bits per heavy atom. The first kappa shape index (κ1) is 13.3. The number of rotatable bonds is 1. The lowest BCUT2D eigenvalue weighted by Crippen LogP contribution is -2.38. The molecule has 0 aromatic rings. The second kappa shape index (κ2) is 5.53. The van der Waals surface area contributed by atoms with Gasteiger partial charge in [0.15, 0.2) is 0 Å². The van der Waals surface area contributed by atoms with E-state index in [4.69, 9.17) is 4.74 Å². The summed E-state index contributed by atoms with van der Waals surface area (Å²) in [5, 5.41) is 3.27. The number of nitrogens with one attached hydrogen (secondary N) is 1. The Labute approximate surface area is 98.3 Å². The Balaban J connectivity index is 2.45. The summed E-state index contributed by atoms with van der Waals surface area (Å²) in [6.45, 7) is 7.31. The largest absolute Gasteiger partial charge is 0.444 e. The minimum Gasteiger partial charge on any atom is -0.444 e. The Morgan fingerprint density at radius 2 is 2.00 bits per heavy atom. The third kappa shape index (κ3) is 4.39. The average molecular weight is 228 g/mol. The van der Waals surface area contributed by atoms with Crippen LogP contribution in [0.3, 0.4) is 0 Å². The van der Waals surface area contributed by atoms with Crippen molar-refractivity contribution in [1.29, 1.82) is 0 Å². The summed E-state index contributed by atoms with van der Waals surface area (Å²) in [5.41, 5.74) is -0.397. The van der Waals surface area contributed by atoms with Gasteiger partial charge in [-0.2, -0.15) is 0 Å². The van der Waals surface area contributed by atoms with Crippen LogP contribution >= 0.6 is 0 Å². The van der Waals surface area contributed by atoms with Gasteiger partial charge in [-0.25, -0.2) is 4.79 Å². The van der Waals surface area contributed by atoms with Crippen molar-refractivity contribution in [3.8, 4) is 0 Å². The van der Waals surface area contributed by atoms with Crippen LogP contribution in [0.25, 0.3) is 0 Å². The van der Waals surface area contributed by atoms with Crippen LogP contribution in [0.4, 0.5) is 4.79 Å². The maximum atomic E-state index is 11.8. The van der Waals surface area contributed by atoms with Crippen LogP contribution in [0.2, 0.25) is 0 Å². The zero-order chi connectivity index (χ0) is 12.2. The van der Waals surface area contributed by atoms with E-state index >= 15 is 0 Å². The number of ether oxygens (including phenoxy) is 1. The van der Waals surface area contributed by atoms with Crippen molar-refractivity contribution in [1.82, 2.24) is 10.2 Å². The second-order valence-electron chi connectivity index (χ2n) is 5.38. The van der Waals surface area contributed by atoms with Gasteiger partial charge in [0.05, 0.1) is 0 Å². The van der Waals surface area contributed by atoms with E-state index in [1.165, 1.54) is 0 Å². The summed E-state index contributed by atoms with van der Waals surface area (Å²) in [6, 6.07) is 0.535. The normalized spacial score (nSPS) is 22.8. The quantitative estimate of drug-likeness (QED) is 0.746. The first-order valence-corrected chi connectivity index (χ1v) is 6.07. The summed E-state index contributed by atoms with van der Waals surface area (Å²) < 4.78 is 5.37. The SMILES string of the molecule is CN[C@H]1CCCN(C(=O)OC(C)(C)C)CC1. The molecule has 1 N–H and O–H groups in total. The van der Waals surface area contributed by atoms with Crippen molar-refractivity contribution in [3.63, 3.8) is 0 Å². The fourth-order valence-electron chi connectivity index (χ4n) is 1.89. The zero-order valence-electron chi connectivity index (χ0n) is 10.9. The zero-order valence-corrected chi connectivity index (χ0v) is 10.9. The van der Waals surface area contributed by atoms with Crippen LogP contribution in [0, 0.1) is 0 Å². The molecule has 0 radical (unpaired) electrons. The van der Waals surface area contributed by atoms with Crippen molar-refractivity contribution in [3.05, 3.63) is 0 Å². The summed E-state index contributed by atoms with van der Waals surface area (Å²) >= 11 is 0.